The van der Waals surface area contributed by atoms with Crippen LogP contribution < -0.4 is 5.73 Å². The van der Waals surface area contributed by atoms with E-state index in [1.54, 1.807) is 0 Å². The highest BCUT2D eigenvalue weighted by molar-refractivity contribution is 5.78. The fourth-order valence-corrected chi connectivity index (χ4v) is 2.47. The molecule has 0 amide bonds. The Morgan fingerprint density at radius 2 is 1.94 bits per heavy atom. The van der Waals surface area contributed by atoms with Gasteiger partial charge in [0.2, 0.25) is 0 Å². The van der Waals surface area contributed by atoms with Gasteiger partial charge in [0.05, 0.1) is 0 Å². The Morgan fingerprint density at radius 1 is 1.29 bits per heavy atom. The molecule has 0 spiro atoms. The molecule has 0 unspecified atom stereocenters. The lowest BCUT2D eigenvalue weighted by molar-refractivity contribution is 0.214. The van der Waals surface area contributed by atoms with Crippen LogP contribution in [0.1, 0.15) is 32.1 Å². The predicted octanol–water partition coefficient (Wildman–Crippen LogP) is 1.13. The summed E-state index contributed by atoms with van der Waals surface area (Å²) >= 11 is 0. The summed E-state index contributed by atoms with van der Waals surface area (Å²) in [5.41, 5.74) is 5.96. The van der Waals surface area contributed by atoms with Gasteiger partial charge in [-0.25, -0.2) is 0 Å². The van der Waals surface area contributed by atoms with E-state index in [2.05, 4.69) is 28.9 Å². The summed E-state index contributed by atoms with van der Waals surface area (Å²) in [5, 5.41) is 0. The number of rotatable bonds is 4. The molecule has 2 rings (SSSR count). The maximum atomic E-state index is 5.96. The molecule has 2 N–H and O–H groups in total. The highest BCUT2D eigenvalue weighted by Gasteiger charge is 2.27. The molecule has 0 atom stereocenters. The number of aliphatic imine (C=N–C) groups is 1. The van der Waals surface area contributed by atoms with Crippen molar-refractivity contribution in [1.82, 2.24) is 9.80 Å². The molecule has 0 bridgehead atoms. The van der Waals surface area contributed by atoms with Crippen LogP contribution in [0.2, 0.25) is 0 Å². The summed E-state index contributed by atoms with van der Waals surface area (Å²) in [6.45, 7) is 3.38. The fourth-order valence-electron chi connectivity index (χ4n) is 2.47. The Bertz CT molecular complexity index is 265. The summed E-state index contributed by atoms with van der Waals surface area (Å²) in [6, 6.07) is 0.669. The number of nitrogens with two attached hydrogens (primary N) is 1. The lowest BCUT2D eigenvalue weighted by atomic mass is 9.94. The predicted molar refractivity (Wildman–Crippen MR) is 72.1 cm³/mol. The molecule has 0 aromatic heterocycles. The van der Waals surface area contributed by atoms with Crippen molar-refractivity contribution in [3.8, 4) is 0 Å². The first-order valence-corrected chi connectivity index (χ1v) is 6.88. The summed E-state index contributed by atoms with van der Waals surface area (Å²) in [6.07, 6.45) is 6.41. The first-order valence-electron chi connectivity index (χ1n) is 6.88. The van der Waals surface area contributed by atoms with Gasteiger partial charge in [-0.1, -0.05) is 0 Å². The molecule has 0 aromatic rings. The first-order chi connectivity index (χ1) is 8.16. The van der Waals surface area contributed by atoms with Crippen LogP contribution in [0.3, 0.4) is 0 Å². The Labute approximate surface area is 105 Å². The highest BCUT2D eigenvalue weighted by Crippen LogP contribution is 2.25. The average Bonchev–Trinajstić information content (AvgIpc) is 3.14. The van der Waals surface area contributed by atoms with Gasteiger partial charge in [0.15, 0.2) is 5.96 Å². The van der Waals surface area contributed by atoms with Crippen molar-refractivity contribution in [2.75, 3.05) is 33.7 Å². The van der Waals surface area contributed by atoms with Crippen molar-refractivity contribution in [3.63, 3.8) is 0 Å². The van der Waals surface area contributed by atoms with E-state index in [1.807, 2.05) is 0 Å². The van der Waals surface area contributed by atoms with E-state index >= 15 is 0 Å². The van der Waals surface area contributed by atoms with Gasteiger partial charge in [0.25, 0.3) is 0 Å². The molecule has 0 aromatic carbocycles. The van der Waals surface area contributed by atoms with Crippen LogP contribution in [0, 0.1) is 5.92 Å². The van der Waals surface area contributed by atoms with Crippen molar-refractivity contribution >= 4 is 5.96 Å². The van der Waals surface area contributed by atoms with Gasteiger partial charge in [-0.15, -0.1) is 0 Å². The molecule has 17 heavy (non-hydrogen) atoms. The lowest BCUT2D eigenvalue weighted by Gasteiger charge is -2.28. The summed E-state index contributed by atoms with van der Waals surface area (Å²) in [5.74, 6) is 1.59. The third-order valence-corrected chi connectivity index (χ3v) is 4.11. The standard InChI is InChI=1S/C13H26N4/c1-16-9-6-11(7-10-16)5-8-15-13(14)17(2)12-3-4-12/h11-12H,3-10H2,1-2H3,(H2,14,15). The molecule has 1 saturated carbocycles. The Kier molecular flexibility index (Phi) is 4.26. The fraction of sp³-hybridized carbons (Fsp3) is 0.923. The lowest BCUT2D eigenvalue weighted by Crippen LogP contribution is -2.36. The summed E-state index contributed by atoms with van der Waals surface area (Å²) in [7, 11) is 4.27. The third kappa shape index (κ3) is 3.87. The quantitative estimate of drug-likeness (QED) is 0.590. The topological polar surface area (TPSA) is 44.9 Å². The molecule has 4 nitrogen and oxygen atoms in total. The van der Waals surface area contributed by atoms with Gasteiger partial charge >= 0.3 is 0 Å². The maximum Gasteiger partial charge on any atom is 0.191 e. The van der Waals surface area contributed by atoms with Crippen LogP contribution in [-0.4, -0.2) is 55.5 Å². The Morgan fingerprint density at radius 3 is 2.53 bits per heavy atom. The molecule has 4 heteroatoms. The van der Waals surface area contributed by atoms with E-state index in [0.29, 0.717) is 6.04 Å². The zero-order valence-electron chi connectivity index (χ0n) is 11.2. The first kappa shape index (κ1) is 12.7. The zero-order chi connectivity index (χ0) is 12.3. The number of nitrogens with zero attached hydrogens (tertiary/aromatic N) is 3. The minimum absolute atomic E-state index is 0.669. The molecule has 1 aliphatic carbocycles. The van der Waals surface area contributed by atoms with Crippen molar-refractivity contribution < 1.29 is 0 Å². The van der Waals surface area contributed by atoms with Gasteiger partial charge in [-0.05, 0) is 58.2 Å². The molecule has 2 aliphatic rings. The van der Waals surface area contributed by atoms with E-state index in [1.165, 1.54) is 45.2 Å². The van der Waals surface area contributed by atoms with Crippen molar-refractivity contribution in [1.29, 1.82) is 0 Å². The van der Waals surface area contributed by atoms with Gasteiger partial charge in [-0.3, -0.25) is 4.99 Å². The minimum atomic E-state index is 0.669. The average molecular weight is 238 g/mol. The number of piperidine rings is 1. The molecule has 1 heterocycles. The van der Waals surface area contributed by atoms with Crippen LogP contribution in [0.4, 0.5) is 0 Å². The van der Waals surface area contributed by atoms with Crippen LogP contribution in [0.25, 0.3) is 0 Å². The summed E-state index contributed by atoms with van der Waals surface area (Å²) in [4.78, 5) is 9.05. The molecular formula is C13H26N4. The van der Waals surface area contributed by atoms with E-state index in [0.717, 1.165) is 18.4 Å². The van der Waals surface area contributed by atoms with Crippen molar-refractivity contribution in [2.24, 2.45) is 16.6 Å². The summed E-state index contributed by atoms with van der Waals surface area (Å²) < 4.78 is 0. The van der Waals surface area contributed by atoms with Gasteiger partial charge in [0, 0.05) is 19.6 Å². The van der Waals surface area contributed by atoms with Crippen LogP contribution in [0.15, 0.2) is 4.99 Å². The number of hydrogen-bond acceptors (Lipinski definition) is 2. The van der Waals surface area contributed by atoms with Crippen molar-refractivity contribution in [3.05, 3.63) is 0 Å². The van der Waals surface area contributed by atoms with Gasteiger partial charge in [-0.2, -0.15) is 0 Å². The van der Waals surface area contributed by atoms with Gasteiger partial charge < -0.3 is 15.5 Å². The minimum Gasteiger partial charge on any atom is -0.370 e. The maximum absolute atomic E-state index is 5.96. The second-order valence-electron chi connectivity index (χ2n) is 5.62. The second kappa shape index (κ2) is 5.71. The molecule has 2 fully saturated rings. The number of hydrogen-bond donors (Lipinski definition) is 1. The Balaban J connectivity index is 1.65. The van der Waals surface area contributed by atoms with Gasteiger partial charge in [0.1, 0.15) is 0 Å². The highest BCUT2D eigenvalue weighted by atomic mass is 15.3. The van der Waals surface area contributed by atoms with E-state index < -0.39 is 0 Å². The van der Waals surface area contributed by atoms with E-state index in [-0.39, 0.29) is 0 Å². The Hall–Kier alpha value is -0.770. The van der Waals surface area contributed by atoms with Crippen LogP contribution in [0.5, 0.6) is 0 Å². The number of likely N-dealkylation sites (tertiary alicyclic amines) is 1. The third-order valence-electron chi connectivity index (χ3n) is 4.11. The SMILES string of the molecule is CN1CCC(CCN=C(N)N(C)C2CC2)CC1. The smallest absolute Gasteiger partial charge is 0.191 e. The van der Waals surface area contributed by atoms with E-state index in [9.17, 15) is 0 Å². The molecule has 0 radical (unpaired) electrons. The molecule has 1 saturated heterocycles. The van der Waals surface area contributed by atoms with Crippen molar-refractivity contribution in [2.45, 2.75) is 38.1 Å². The number of guanidine groups is 1. The molecule has 98 valence electrons. The molecular weight excluding hydrogens is 212 g/mol. The normalized spacial score (nSPS) is 24.0. The monoisotopic (exact) mass is 238 g/mol. The molecule has 1 aliphatic heterocycles. The largest absolute Gasteiger partial charge is 0.370 e. The van der Waals surface area contributed by atoms with Crippen LogP contribution in [-0.2, 0) is 0 Å². The zero-order valence-corrected chi connectivity index (χ0v) is 11.2. The van der Waals surface area contributed by atoms with Crippen LogP contribution >= 0.6 is 0 Å². The van der Waals surface area contributed by atoms with E-state index in [4.69, 9.17) is 5.73 Å². The second-order valence-corrected chi connectivity index (χ2v) is 5.62.